The Balaban J connectivity index is 1.98. The average Bonchev–Trinajstić information content (AvgIpc) is 2.88. The quantitative estimate of drug-likeness (QED) is 0.608. The van der Waals surface area contributed by atoms with Crippen molar-refractivity contribution in [1.82, 2.24) is 9.80 Å². The highest BCUT2D eigenvalue weighted by atomic mass is 16.5. The molecule has 0 radical (unpaired) electrons. The van der Waals surface area contributed by atoms with E-state index in [1.165, 1.54) is 0 Å². The lowest BCUT2D eigenvalue weighted by Gasteiger charge is -2.36. The molecule has 0 fully saturated rings. The van der Waals surface area contributed by atoms with Gasteiger partial charge in [0.15, 0.2) is 0 Å². The first-order valence-electron chi connectivity index (χ1n) is 12.5. The van der Waals surface area contributed by atoms with E-state index >= 15 is 0 Å². The molecular formula is C28H37N3O6. The molecule has 0 saturated carbocycles. The van der Waals surface area contributed by atoms with Crippen LogP contribution in [0.25, 0.3) is 0 Å². The van der Waals surface area contributed by atoms with E-state index in [0.717, 1.165) is 0 Å². The summed E-state index contributed by atoms with van der Waals surface area (Å²) >= 11 is 0. The Bertz CT molecular complexity index is 1120. The Morgan fingerprint density at radius 2 is 1.89 bits per heavy atom. The average molecular weight is 512 g/mol. The third-order valence-electron chi connectivity index (χ3n) is 6.80. The largest absolute Gasteiger partial charge is 0.491 e. The summed E-state index contributed by atoms with van der Waals surface area (Å²) in [6, 6.07) is 11.9. The van der Waals surface area contributed by atoms with Crippen LogP contribution in [0.5, 0.6) is 5.75 Å². The van der Waals surface area contributed by atoms with Gasteiger partial charge in [-0.3, -0.25) is 14.5 Å². The molecule has 3 atom stereocenters. The monoisotopic (exact) mass is 511 g/mol. The lowest BCUT2D eigenvalue weighted by Crippen LogP contribution is -2.46. The number of rotatable bonds is 6. The Hall–Kier alpha value is -3.43. The molecule has 200 valence electrons. The predicted molar refractivity (Wildman–Crippen MR) is 141 cm³/mol. The molecule has 2 N–H and O–H groups in total. The number of likely N-dealkylation sites (N-methyl/N-ethyl adjacent to an activating group) is 1. The summed E-state index contributed by atoms with van der Waals surface area (Å²) in [6.45, 7) is 7.51. The van der Waals surface area contributed by atoms with E-state index in [4.69, 9.17) is 9.47 Å². The van der Waals surface area contributed by atoms with Crippen molar-refractivity contribution in [2.45, 2.75) is 45.9 Å². The van der Waals surface area contributed by atoms with Crippen molar-refractivity contribution in [3.63, 3.8) is 0 Å². The number of carboxylic acid groups (broad SMARTS) is 1. The molecule has 0 unspecified atom stereocenters. The van der Waals surface area contributed by atoms with E-state index < -0.39 is 5.97 Å². The van der Waals surface area contributed by atoms with Gasteiger partial charge in [-0.05, 0) is 36.6 Å². The second kappa shape index (κ2) is 12.7. The molecule has 0 spiro atoms. The van der Waals surface area contributed by atoms with Crippen molar-refractivity contribution in [1.29, 1.82) is 0 Å². The first-order chi connectivity index (χ1) is 17.6. The second-order valence-electron chi connectivity index (χ2n) is 9.60. The third kappa shape index (κ3) is 7.08. The number of benzene rings is 2. The maximum absolute atomic E-state index is 13.3. The number of anilines is 1. The van der Waals surface area contributed by atoms with E-state index in [2.05, 4.69) is 17.1 Å². The molecule has 0 aromatic heterocycles. The fraction of sp³-hybridized carbons (Fsp3) is 0.464. The van der Waals surface area contributed by atoms with Crippen molar-refractivity contribution in [2.24, 2.45) is 5.92 Å². The van der Waals surface area contributed by atoms with Crippen LogP contribution in [0.2, 0.25) is 0 Å². The molecule has 2 aromatic carbocycles. The van der Waals surface area contributed by atoms with Crippen molar-refractivity contribution in [3.05, 3.63) is 59.2 Å². The Kier molecular flexibility index (Phi) is 9.66. The predicted octanol–water partition coefficient (Wildman–Crippen LogP) is 3.74. The van der Waals surface area contributed by atoms with E-state index in [0.29, 0.717) is 48.6 Å². The molecule has 1 heterocycles. The third-order valence-corrected chi connectivity index (χ3v) is 6.80. The molecule has 0 aliphatic carbocycles. The zero-order chi connectivity index (χ0) is 27.1. The van der Waals surface area contributed by atoms with Crippen LogP contribution < -0.4 is 10.1 Å². The molecule has 3 rings (SSSR count). The number of ether oxygens (including phenoxy) is 2. The number of hydrogen-bond donors (Lipinski definition) is 2. The van der Waals surface area contributed by atoms with E-state index in [9.17, 15) is 19.5 Å². The maximum atomic E-state index is 13.3. The molecule has 1 aliphatic heterocycles. The van der Waals surface area contributed by atoms with Crippen LogP contribution in [0.4, 0.5) is 5.69 Å². The molecule has 2 aromatic rings. The van der Waals surface area contributed by atoms with Gasteiger partial charge in [-0.2, -0.15) is 0 Å². The lowest BCUT2D eigenvalue weighted by molar-refractivity contribution is -0.115. The van der Waals surface area contributed by atoms with Crippen molar-refractivity contribution < 1.29 is 29.0 Å². The van der Waals surface area contributed by atoms with Gasteiger partial charge in [0.2, 0.25) is 5.91 Å². The van der Waals surface area contributed by atoms with Gasteiger partial charge in [-0.1, -0.05) is 32.0 Å². The van der Waals surface area contributed by atoms with Crippen molar-refractivity contribution in [2.75, 3.05) is 39.2 Å². The summed E-state index contributed by atoms with van der Waals surface area (Å²) in [4.78, 5) is 40.9. The molecule has 0 bridgehead atoms. The number of carboxylic acids is 1. The molecular weight excluding hydrogens is 474 g/mol. The zero-order valence-electron chi connectivity index (χ0n) is 22.2. The van der Waals surface area contributed by atoms with Crippen LogP contribution in [-0.4, -0.2) is 78.7 Å². The molecule has 1 aliphatic rings. The van der Waals surface area contributed by atoms with Gasteiger partial charge < -0.3 is 24.8 Å². The number of carbonyl (C=O) groups excluding carboxylic acids is 2. The van der Waals surface area contributed by atoms with Gasteiger partial charge in [0.05, 0.1) is 17.2 Å². The van der Waals surface area contributed by atoms with Gasteiger partial charge in [0.25, 0.3) is 5.91 Å². The summed E-state index contributed by atoms with van der Waals surface area (Å²) in [7, 11) is 3.37. The van der Waals surface area contributed by atoms with Gasteiger partial charge in [-0.15, -0.1) is 0 Å². The van der Waals surface area contributed by atoms with Gasteiger partial charge >= 0.3 is 5.97 Å². The number of carbonyl (C=O) groups is 3. The SMILES string of the molecule is CCC(=O)Nc1ccc2c(c1)OC[C@H](C)N(Cc1ccccc1C(=O)O)C[C@@H](C)[C@H](OC)CN(C)C2=O. The smallest absolute Gasteiger partial charge is 0.336 e. The number of nitrogens with one attached hydrogen (secondary N) is 1. The van der Waals surface area contributed by atoms with Crippen LogP contribution in [-0.2, 0) is 16.1 Å². The van der Waals surface area contributed by atoms with E-state index in [1.807, 2.05) is 19.1 Å². The summed E-state index contributed by atoms with van der Waals surface area (Å²) in [5, 5.41) is 12.5. The molecule has 9 heteroatoms. The summed E-state index contributed by atoms with van der Waals surface area (Å²) < 4.78 is 12.0. The Morgan fingerprint density at radius 3 is 2.57 bits per heavy atom. The van der Waals surface area contributed by atoms with Crippen molar-refractivity contribution >= 4 is 23.5 Å². The normalized spacial score (nSPS) is 21.3. The van der Waals surface area contributed by atoms with Gasteiger partial charge in [-0.25, -0.2) is 4.79 Å². The summed E-state index contributed by atoms with van der Waals surface area (Å²) in [5.41, 5.74) is 1.93. The molecule has 9 nitrogen and oxygen atoms in total. The number of aromatic carboxylic acids is 1. The fourth-order valence-electron chi connectivity index (χ4n) is 4.48. The summed E-state index contributed by atoms with van der Waals surface area (Å²) in [5.74, 6) is -0.869. The van der Waals surface area contributed by atoms with Gasteiger partial charge in [0, 0.05) is 58.0 Å². The zero-order valence-corrected chi connectivity index (χ0v) is 22.2. The van der Waals surface area contributed by atoms with Crippen LogP contribution in [0.15, 0.2) is 42.5 Å². The van der Waals surface area contributed by atoms with E-state index in [-0.39, 0.29) is 42.0 Å². The number of methoxy groups -OCH3 is 1. The minimum absolute atomic E-state index is 0.0465. The number of hydrogen-bond acceptors (Lipinski definition) is 6. The first kappa shape index (κ1) is 28.1. The highest BCUT2D eigenvalue weighted by molar-refractivity contribution is 5.98. The standard InChI is InChI=1S/C28H37N3O6/c1-6-26(32)29-21-11-12-23-24(13-21)37-17-19(3)31(15-20-9-7-8-10-22(20)28(34)35)14-18(2)25(36-5)16-30(4)27(23)33/h7-13,18-19,25H,6,14-17H2,1-5H3,(H,29,32)(H,34,35)/t18-,19+,25-/m1/s1. The van der Waals surface area contributed by atoms with Crippen LogP contribution in [0, 0.1) is 5.92 Å². The van der Waals surface area contributed by atoms with Crippen LogP contribution in [0.1, 0.15) is 53.5 Å². The summed E-state index contributed by atoms with van der Waals surface area (Å²) in [6.07, 6.45) is 0.102. The number of fused-ring (bicyclic) bond motifs is 1. The number of nitrogens with zero attached hydrogens (tertiary/aromatic N) is 2. The Labute approximate surface area is 218 Å². The van der Waals surface area contributed by atoms with Gasteiger partial charge in [0.1, 0.15) is 12.4 Å². The first-order valence-corrected chi connectivity index (χ1v) is 12.5. The highest BCUT2D eigenvalue weighted by Gasteiger charge is 2.29. The fourth-order valence-corrected chi connectivity index (χ4v) is 4.48. The lowest BCUT2D eigenvalue weighted by atomic mass is 10.00. The molecule has 37 heavy (non-hydrogen) atoms. The van der Waals surface area contributed by atoms with Crippen LogP contribution in [0.3, 0.4) is 0 Å². The topological polar surface area (TPSA) is 108 Å². The van der Waals surface area contributed by atoms with Crippen LogP contribution >= 0.6 is 0 Å². The minimum atomic E-state index is -0.965. The van der Waals surface area contributed by atoms with E-state index in [1.54, 1.807) is 56.3 Å². The highest BCUT2D eigenvalue weighted by Crippen LogP contribution is 2.27. The maximum Gasteiger partial charge on any atom is 0.336 e. The molecule has 0 saturated heterocycles. The van der Waals surface area contributed by atoms with Crippen molar-refractivity contribution in [3.8, 4) is 5.75 Å². The molecule has 2 amide bonds. The number of amides is 2. The Morgan fingerprint density at radius 1 is 1.16 bits per heavy atom. The second-order valence-corrected chi connectivity index (χ2v) is 9.60. The minimum Gasteiger partial charge on any atom is -0.491 e.